The first-order valence-corrected chi connectivity index (χ1v) is 5.75. The summed E-state index contributed by atoms with van der Waals surface area (Å²) in [5.74, 6) is -1.25. The largest absolute Gasteiger partial charge is 0.321 e. The average Bonchev–Trinajstić information content (AvgIpc) is 2.39. The highest BCUT2D eigenvalue weighted by Gasteiger charge is 2.13. The van der Waals surface area contributed by atoms with Crippen LogP contribution in [-0.2, 0) is 0 Å². The molecule has 19 heavy (non-hydrogen) atoms. The zero-order valence-electron chi connectivity index (χ0n) is 9.65. The highest BCUT2D eigenvalue weighted by atomic mass is 35.5. The fourth-order valence-electron chi connectivity index (χ4n) is 1.55. The number of nitrogens with one attached hydrogen (secondary N) is 1. The van der Waals surface area contributed by atoms with Crippen molar-refractivity contribution in [2.45, 2.75) is 0 Å². The number of carbonyl (C=O) groups is 1. The van der Waals surface area contributed by atoms with Gasteiger partial charge >= 0.3 is 0 Å². The number of hydrogen-bond acceptors (Lipinski definition) is 2. The molecule has 0 atom stereocenters. The summed E-state index contributed by atoms with van der Waals surface area (Å²) in [6, 6.07) is 12.0. The SMILES string of the molecule is N#Cc1ccc(Cl)cc1NC(=O)c1ccccc1F. The zero-order chi connectivity index (χ0) is 13.8. The summed E-state index contributed by atoms with van der Waals surface area (Å²) >= 11 is 5.80. The van der Waals surface area contributed by atoms with E-state index in [4.69, 9.17) is 16.9 Å². The molecule has 0 bridgehead atoms. The van der Waals surface area contributed by atoms with Crippen LogP contribution in [0.5, 0.6) is 0 Å². The van der Waals surface area contributed by atoms with Gasteiger partial charge in [0.2, 0.25) is 0 Å². The number of nitriles is 1. The Morgan fingerprint density at radius 2 is 2.00 bits per heavy atom. The molecule has 0 saturated heterocycles. The van der Waals surface area contributed by atoms with E-state index in [9.17, 15) is 9.18 Å². The van der Waals surface area contributed by atoms with Crippen molar-refractivity contribution in [3.63, 3.8) is 0 Å². The van der Waals surface area contributed by atoms with Gasteiger partial charge in [-0.05, 0) is 30.3 Å². The van der Waals surface area contributed by atoms with Gasteiger partial charge in [0.25, 0.3) is 5.91 Å². The number of carbonyl (C=O) groups excluding carboxylic acids is 1. The molecule has 0 aliphatic heterocycles. The standard InChI is InChI=1S/C14H8ClFN2O/c15-10-6-5-9(8-17)13(7-10)18-14(19)11-3-1-2-4-12(11)16/h1-7H,(H,18,19). The third-order valence-corrected chi connectivity index (χ3v) is 2.70. The highest BCUT2D eigenvalue weighted by Crippen LogP contribution is 2.21. The van der Waals surface area contributed by atoms with Crippen LogP contribution in [0.25, 0.3) is 0 Å². The lowest BCUT2D eigenvalue weighted by atomic mass is 10.1. The molecule has 5 heteroatoms. The Hall–Kier alpha value is -2.38. The number of amides is 1. The van der Waals surface area contributed by atoms with Crippen LogP contribution in [0, 0.1) is 17.1 Å². The molecule has 0 spiro atoms. The van der Waals surface area contributed by atoms with Gasteiger partial charge in [-0.1, -0.05) is 23.7 Å². The lowest BCUT2D eigenvalue weighted by molar-refractivity contribution is 0.102. The number of nitrogens with zero attached hydrogens (tertiary/aromatic N) is 1. The maximum Gasteiger partial charge on any atom is 0.258 e. The van der Waals surface area contributed by atoms with E-state index in [2.05, 4.69) is 5.32 Å². The predicted octanol–water partition coefficient (Wildman–Crippen LogP) is 3.60. The number of halogens is 2. The van der Waals surface area contributed by atoms with Crippen molar-refractivity contribution < 1.29 is 9.18 Å². The molecule has 1 N–H and O–H groups in total. The number of hydrogen-bond donors (Lipinski definition) is 1. The van der Waals surface area contributed by atoms with Crippen LogP contribution in [-0.4, -0.2) is 5.91 Å². The summed E-state index contributed by atoms with van der Waals surface area (Å²) in [7, 11) is 0. The summed E-state index contributed by atoms with van der Waals surface area (Å²) in [6.07, 6.45) is 0. The van der Waals surface area contributed by atoms with Gasteiger partial charge in [-0.15, -0.1) is 0 Å². The van der Waals surface area contributed by atoms with Crippen LogP contribution in [0.2, 0.25) is 5.02 Å². The molecule has 2 aromatic carbocycles. The van der Waals surface area contributed by atoms with Crippen molar-refractivity contribution in [2.75, 3.05) is 5.32 Å². The van der Waals surface area contributed by atoms with E-state index in [0.717, 1.165) is 0 Å². The molecule has 0 aliphatic carbocycles. The molecule has 0 saturated carbocycles. The molecule has 2 rings (SSSR count). The topological polar surface area (TPSA) is 52.9 Å². The van der Waals surface area contributed by atoms with Crippen molar-refractivity contribution in [1.29, 1.82) is 5.26 Å². The molecule has 0 aromatic heterocycles. The quantitative estimate of drug-likeness (QED) is 0.909. The Labute approximate surface area is 114 Å². The Bertz CT molecular complexity index is 679. The van der Waals surface area contributed by atoms with Crippen molar-refractivity contribution in [1.82, 2.24) is 0 Å². The van der Waals surface area contributed by atoms with E-state index < -0.39 is 11.7 Å². The molecule has 94 valence electrons. The van der Waals surface area contributed by atoms with Crippen LogP contribution in [0.3, 0.4) is 0 Å². The minimum absolute atomic E-state index is 0.0913. The molecule has 2 aromatic rings. The van der Waals surface area contributed by atoms with Gasteiger partial charge < -0.3 is 5.32 Å². The number of rotatable bonds is 2. The number of anilines is 1. The van der Waals surface area contributed by atoms with Crippen LogP contribution in [0.1, 0.15) is 15.9 Å². The van der Waals surface area contributed by atoms with Crippen LogP contribution >= 0.6 is 11.6 Å². The predicted molar refractivity (Wildman–Crippen MR) is 70.5 cm³/mol. The summed E-state index contributed by atoms with van der Waals surface area (Å²) in [6.45, 7) is 0. The van der Waals surface area contributed by atoms with E-state index in [-0.39, 0.29) is 16.8 Å². The maximum absolute atomic E-state index is 13.5. The van der Waals surface area contributed by atoms with Crippen LogP contribution < -0.4 is 5.32 Å². The van der Waals surface area contributed by atoms with E-state index in [1.807, 2.05) is 6.07 Å². The number of benzene rings is 2. The molecule has 1 amide bonds. The Morgan fingerprint density at radius 1 is 1.26 bits per heavy atom. The molecular weight excluding hydrogens is 267 g/mol. The zero-order valence-corrected chi connectivity index (χ0v) is 10.4. The molecule has 0 aliphatic rings. The Kier molecular flexibility index (Phi) is 3.79. The first-order chi connectivity index (χ1) is 9.11. The maximum atomic E-state index is 13.5. The summed E-state index contributed by atoms with van der Waals surface area (Å²) in [5.41, 5.74) is 0.420. The molecule has 0 fully saturated rings. The lowest BCUT2D eigenvalue weighted by Gasteiger charge is -2.08. The van der Waals surface area contributed by atoms with Crippen molar-refractivity contribution in [2.24, 2.45) is 0 Å². The second kappa shape index (κ2) is 5.51. The van der Waals surface area contributed by atoms with E-state index in [0.29, 0.717) is 5.02 Å². The van der Waals surface area contributed by atoms with Gasteiger partial charge in [-0.3, -0.25) is 4.79 Å². The van der Waals surface area contributed by atoms with Crippen molar-refractivity contribution in [3.05, 3.63) is 64.4 Å². The highest BCUT2D eigenvalue weighted by molar-refractivity contribution is 6.31. The first kappa shape index (κ1) is 13.1. The normalized spacial score (nSPS) is 9.74. The first-order valence-electron chi connectivity index (χ1n) is 5.37. The van der Waals surface area contributed by atoms with Crippen LogP contribution in [0.4, 0.5) is 10.1 Å². The Morgan fingerprint density at radius 3 is 2.68 bits per heavy atom. The molecule has 0 unspecified atom stereocenters. The fraction of sp³-hybridized carbons (Fsp3) is 0. The van der Waals surface area contributed by atoms with Gasteiger partial charge in [0.05, 0.1) is 16.8 Å². The van der Waals surface area contributed by atoms with Crippen molar-refractivity contribution >= 4 is 23.2 Å². The fourth-order valence-corrected chi connectivity index (χ4v) is 1.72. The Balaban J connectivity index is 2.32. The molecule has 0 heterocycles. The van der Waals surface area contributed by atoms with Gasteiger partial charge in [0.1, 0.15) is 11.9 Å². The third-order valence-electron chi connectivity index (χ3n) is 2.47. The van der Waals surface area contributed by atoms with Gasteiger partial charge in [0, 0.05) is 5.02 Å². The summed E-state index contributed by atoms with van der Waals surface area (Å²) < 4.78 is 13.5. The second-order valence-electron chi connectivity index (χ2n) is 3.74. The summed E-state index contributed by atoms with van der Waals surface area (Å²) in [5, 5.41) is 11.8. The van der Waals surface area contributed by atoms with Crippen LogP contribution in [0.15, 0.2) is 42.5 Å². The van der Waals surface area contributed by atoms with Gasteiger partial charge in [-0.2, -0.15) is 5.26 Å². The molecular formula is C14H8ClFN2O. The minimum atomic E-state index is -0.628. The molecule has 0 radical (unpaired) electrons. The van der Waals surface area contributed by atoms with E-state index >= 15 is 0 Å². The van der Waals surface area contributed by atoms with Gasteiger partial charge in [0.15, 0.2) is 0 Å². The van der Waals surface area contributed by atoms with E-state index in [1.165, 1.54) is 30.3 Å². The van der Waals surface area contributed by atoms with Crippen molar-refractivity contribution in [3.8, 4) is 6.07 Å². The van der Waals surface area contributed by atoms with E-state index in [1.54, 1.807) is 12.1 Å². The summed E-state index contributed by atoms with van der Waals surface area (Å²) in [4.78, 5) is 11.9. The second-order valence-corrected chi connectivity index (χ2v) is 4.17. The monoisotopic (exact) mass is 274 g/mol. The minimum Gasteiger partial charge on any atom is -0.321 e. The lowest BCUT2D eigenvalue weighted by Crippen LogP contribution is -2.14. The molecule has 3 nitrogen and oxygen atoms in total. The smallest absolute Gasteiger partial charge is 0.258 e. The van der Waals surface area contributed by atoms with Gasteiger partial charge in [-0.25, -0.2) is 4.39 Å². The third kappa shape index (κ3) is 2.90. The average molecular weight is 275 g/mol.